The summed E-state index contributed by atoms with van der Waals surface area (Å²) in [5, 5.41) is 7.63. The van der Waals surface area contributed by atoms with Gasteiger partial charge in [0.15, 0.2) is 5.13 Å². The van der Waals surface area contributed by atoms with Gasteiger partial charge in [-0.2, -0.15) is 0 Å². The Morgan fingerprint density at radius 1 is 1.44 bits per heavy atom. The summed E-state index contributed by atoms with van der Waals surface area (Å²) >= 11 is 2.64. The minimum Gasteiger partial charge on any atom is -0.375 e. The SMILES string of the molecule is Nc1nc(CCNCc2csc(=O)[nH]2)cs1. The minimum absolute atomic E-state index is 0.0101. The van der Waals surface area contributed by atoms with Crippen molar-refractivity contribution < 1.29 is 0 Å². The van der Waals surface area contributed by atoms with Gasteiger partial charge in [-0.3, -0.25) is 4.79 Å². The van der Waals surface area contributed by atoms with Crippen molar-refractivity contribution in [3.63, 3.8) is 0 Å². The number of H-pyrrole nitrogens is 1. The molecule has 0 saturated heterocycles. The molecule has 2 aromatic heterocycles. The summed E-state index contributed by atoms with van der Waals surface area (Å²) < 4.78 is 0. The van der Waals surface area contributed by atoms with Crippen LogP contribution in [-0.4, -0.2) is 16.5 Å². The molecule has 0 aliphatic heterocycles. The van der Waals surface area contributed by atoms with Gasteiger partial charge in [0.05, 0.1) is 5.69 Å². The van der Waals surface area contributed by atoms with Gasteiger partial charge in [0.2, 0.25) is 0 Å². The highest BCUT2D eigenvalue weighted by molar-refractivity contribution is 7.13. The summed E-state index contributed by atoms with van der Waals surface area (Å²) in [5.74, 6) is 0. The van der Waals surface area contributed by atoms with Crippen LogP contribution in [0.3, 0.4) is 0 Å². The normalized spacial score (nSPS) is 10.8. The Morgan fingerprint density at radius 3 is 2.94 bits per heavy atom. The Morgan fingerprint density at radius 2 is 2.31 bits per heavy atom. The molecule has 2 heterocycles. The molecule has 0 aromatic carbocycles. The van der Waals surface area contributed by atoms with Crippen LogP contribution < -0.4 is 15.9 Å². The summed E-state index contributed by atoms with van der Waals surface area (Å²) in [6.45, 7) is 1.50. The third-order valence-corrected chi connectivity index (χ3v) is 3.45. The molecule has 0 saturated carbocycles. The second-order valence-electron chi connectivity index (χ2n) is 3.28. The highest BCUT2D eigenvalue weighted by Gasteiger charge is 1.99. The lowest BCUT2D eigenvalue weighted by Crippen LogP contribution is -2.17. The number of aromatic amines is 1. The van der Waals surface area contributed by atoms with E-state index in [4.69, 9.17) is 5.73 Å². The number of rotatable bonds is 5. The van der Waals surface area contributed by atoms with Crippen molar-refractivity contribution in [3.8, 4) is 0 Å². The zero-order valence-electron chi connectivity index (χ0n) is 8.53. The Labute approximate surface area is 100 Å². The van der Waals surface area contributed by atoms with Crippen molar-refractivity contribution in [1.29, 1.82) is 0 Å². The Bertz CT molecular complexity index is 501. The third-order valence-electron chi connectivity index (χ3n) is 2.01. The van der Waals surface area contributed by atoms with Crippen LogP contribution in [0, 0.1) is 0 Å². The number of nitrogen functional groups attached to an aromatic ring is 1. The van der Waals surface area contributed by atoms with Crippen LogP contribution in [0.25, 0.3) is 0 Å². The van der Waals surface area contributed by atoms with E-state index in [0.717, 1.165) is 24.4 Å². The first kappa shape index (κ1) is 11.3. The summed E-state index contributed by atoms with van der Waals surface area (Å²) in [4.78, 5) is 17.8. The Hall–Kier alpha value is -1.18. The average molecular weight is 256 g/mol. The average Bonchev–Trinajstić information content (AvgIpc) is 2.83. The second kappa shape index (κ2) is 5.24. The molecule has 0 aliphatic rings. The Balaban J connectivity index is 1.71. The molecule has 0 spiro atoms. The van der Waals surface area contributed by atoms with E-state index in [1.54, 1.807) is 0 Å². The highest BCUT2D eigenvalue weighted by Crippen LogP contribution is 2.10. The van der Waals surface area contributed by atoms with Crippen LogP contribution in [0.1, 0.15) is 11.4 Å². The maximum absolute atomic E-state index is 10.9. The van der Waals surface area contributed by atoms with E-state index in [-0.39, 0.29) is 4.87 Å². The standard InChI is InChI=1S/C9H12N4OS2/c10-8-12-6(4-15-8)1-2-11-3-7-5-16-9(14)13-7/h4-5,11H,1-3H2,(H2,10,12)(H,13,14). The lowest BCUT2D eigenvalue weighted by molar-refractivity contribution is 0.672. The molecule has 16 heavy (non-hydrogen) atoms. The minimum atomic E-state index is -0.0101. The number of nitrogens with two attached hydrogens (primary N) is 1. The monoisotopic (exact) mass is 256 g/mol. The van der Waals surface area contributed by atoms with Gasteiger partial charge in [0, 0.05) is 36.0 Å². The molecular formula is C9H12N4OS2. The summed E-state index contributed by atoms with van der Waals surface area (Å²) in [6.07, 6.45) is 0.849. The van der Waals surface area contributed by atoms with E-state index in [0.29, 0.717) is 11.7 Å². The van der Waals surface area contributed by atoms with Crippen molar-refractivity contribution in [3.05, 3.63) is 31.8 Å². The van der Waals surface area contributed by atoms with Gasteiger partial charge in [-0.25, -0.2) is 4.98 Å². The van der Waals surface area contributed by atoms with Gasteiger partial charge in [-0.1, -0.05) is 11.3 Å². The largest absolute Gasteiger partial charge is 0.375 e. The maximum atomic E-state index is 10.9. The van der Waals surface area contributed by atoms with Crippen LogP contribution in [0.5, 0.6) is 0 Å². The van der Waals surface area contributed by atoms with E-state index in [9.17, 15) is 4.79 Å². The topological polar surface area (TPSA) is 83.8 Å². The lowest BCUT2D eigenvalue weighted by atomic mass is 10.3. The number of aromatic nitrogens is 2. The summed E-state index contributed by atoms with van der Waals surface area (Å²) in [5.41, 5.74) is 7.46. The number of hydrogen-bond donors (Lipinski definition) is 3. The molecule has 0 fully saturated rings. The fourth-order valence-corrected chi connectivity index (χ4v) is 2.46. The number of nitrogens with one attached hydrogen (secondary N) is 2. The van der Waals surface area contributed by atoms with E-state index >= 15 is 0 Å². The number of thiazole rings is 2. The molecule has 0 amide bonds. The van der Waals surface area contributed by atoms with Crippen molar-refractivity contribution in [1.82, 2.24) is 15.3 Å². The zero-order valence-corrected chi connectivity index (χ0v) is 10.2. The fraction of sp³-hybridized carbons (Fsp3) is 0.333. The van der Waals surface area contributed by atoms with Crippen LogP contribution >= 0.6 is 22.7 Å². The van der Waals surface area contributed by atoms with E-state index in [1.165, 1.54) is 22.7 Å². The summed E-state index contributed by atoms with van der Waals surface area (Å²) in [7, 11) is 0. The van der Waals surface area contributed by atoms with E-state index in [1.807, 2.05) is 10.8 Å². The van der Waals surface area contributed by atoms with Gasteiger partial charge in [0.1, 0.15) is 0 Å². The predicted octanol–water partition coefficient (Wildman–Crippen LogP) is 0.807. The van der Waals surface area contributed by atoms with Crippen LogP contribution in [0.4, 0.5) is 5.13 Å². The number of hydrogen-bond acceptors (Lipinski definition) is 6. The molecule has 0 atom stereocenters. The van der Waals surface area contributed by atoms with Gasteiger partial charge in [0.25, 0.3) is 0 Å². The van der Waals surface area contributed by atoms with Crippen molar-refractivity contribution in [2.24, 2.45) is 0 Å². The molecule has 0 radical (unpaired) electrons. The van der Waals surface area contributed by atoms with Crippen LogP contribution in [-0.2, 0) is 13.0 Å². The molecule has 0 unspecified atom stereocenters. The first-order valence-corrected chi connectivity index (χ1v) is 6.57. The van der Waals surface area contributed by atoms with E-state index in [2.05, 4.69) is 15.3 Å². The molecule has 0 aliphatic carbocycles. The van der Waals surface area contributed by atoms with Crippen LogP contribution in [0.2, 0.25) is 0 Å². The smallest absolute Gasteiger partial charge is 0.304 e. The fourth-order valence-electron chi connectivity index (χ4n) is 1.28. The molecule has 0 bridgehead atoms. The van der Waals surface area contributed by atoms with Gasteiger partial charge in [-0.15, -0.1) is 11.3 Å². The quantitative estimate of drug-likeness (QED) is 0.691. The molecule has 4 N–H and O–H groups in total. The van der Waals surface area contributed by atoms with Gasteiger partial charge >= 0.3 is 4.87 Å². The molecule has 7 heteroatoms. The third kappa shape index (κ3) is 3.16. The molecule has 2 rings (SSSR count). The first-order chi connectivity index (χ1) is 7.74. The maximum Gasteiger partial charge on any atom is 0.304 e. The van der Waals surface area contributed by atoms with Gasteiger partial charge < -0.3 is 16.0 Å². The van der Waals surface area contributed by atoms with E-state index < -0.39 is 0 Å². The molecule has 5 nitrogen and oxygen atoms in total. The molecular weight excluding hydrogens is 244 g/mol. The van der Waals surface area contributed by atoms with Crippen LogP contribution in [0.15, 0.2) is 15.6 Å². The highest BCUT2D eigenvalue weighted by atomic mass is 32.1. The second-order valence-corrected chi connectivity index (χ2v) is 5.01. The van der Waals surface area contributed by atoms with Gasteiger partial charge in [-0.05, 0) is 0 Å². The van der Waals surface area contributed by atoms with Crippen molar-refractivity contribution in [2.45, 2.75) is 13.0 Å². The molecule has 2 aromatic rings. The lowest BCUT2D eigenvalue weighted by Gasteiger charge is -2.00. The number of anilines is 1. The summed E-state index contributed by atoms with van der Waals surface area (Å²) in [6, 6.07) is 0. The van der Waals surface area contributed by atoms with Crippen molar-refractivity contribution >= 4 is 27.8 Å². The van der Waals surface area contributed by atoms with Crippen molar-refractivity contribution in [2.75, 3.05) is 12.3 Å². The predicted molar refractivity (Wildman–Crippen MR) is 66.9 cm³/mol. The molecule has 86 valence electrons. The number of nitrogens with zero attached hydrogens (tertiary/aromatic N) is 1. The Kier molecular flexibility index (Phi) is 3.70. The zero-order chi connectivity index (χ0) is 11.4. The first-order valence-electron chi connectivity index (χ1n) is 4.81.